The van der Waals surface area contributed by atoms with Gasteiger partial charge in [0.25, 0.3) is 0 Å². The molecule has 0 saturated carbocycles. The van der Waals surface area contributed by atoms with Crippen LogP contribution in [-0.2, 0) is 39.3 Å². The third kappa shape index (κ3) is 28.9. The third-order valence-corrected chi connectivity index (χ3v) is 13.4. The normalized spacial score (nSPS) is 14.4. The zero-order valence-electron chi connectivity index (χ0n) is 35.9. The van der Waals surface area contributed by atoms with Crippen molar-refractivity contribution < 1.29 is 45.3 Å². The monoisotopic (exact) mass is 842 g/mol. The molecule has 0 heterocycles. The number of aryl methyl sites for hydroxylation is 2. The van der Waals surface area contributed by atoms with Crippen molar-refractivity contribution in [3.05, 3.63) is 59.7 Å². The van der Waals surface area contributed by atoms with E-state index in [-0.39, 0.29) is 41.5 Å². The van der Waals surface area contributed by atoms with Crippen molar-refractivity contribution in [1.82, 2.24) is 0 Å². The van der Waals surface area contributed by atoms with Crippen molar-refractivity contribution in [2.45, 2.75) is 196 Å². The molecule has 9 heteroatoms. The minimum atomic E-state index is -3.83. The summed E-state index contributed by atoms with van der Waals surface area (Å²) in [6, 6.07) is 15.2. The van der Waals surface area contributed by atoms with Crippen molar-refractivity contribution in [2.24, 2.45) is 11.8 Å². The van der Waals surface area contributed by atoms with Gasteiger partial charge in [0.05, 0.1) is 0 Å². The molecule has 0 N–H and O–H groups in total. The molecule has 0 aliphatic rings. The molecule has 316 valence electrons. The van der Waals surface area contributed by atoms with E-state index in [2.05, 4.69) is 41.5 Å². The van der Waals surface area contributed by atoms with Gasteiger partial charge in [0.15, 0.2) is 15.2 Å². The van der Waals surface area contributed by atoms with E-state index in [1.54, 1.807) is 24.3 Å². The standard InChI is InChI=1S/2C23H41O3P.Cr/c2*1-4-7-9-10-11-12-13-15-22-16-18-23(19-17-22)26-27(24,25)20-21(6-3)14-8-5-2;/h2*16-19,21H,4-15,20H2,1-3H3,(H,24,25);/q;;+2/p-2. The van der Waals surface area contributed by atoms with E-state index in [1.165, 1.54) is 101 Å². The molecule has 2 rings (SSSR count). The fourth-order valence-electron chi connectivity index (χ4n) is 6.87. The molecule has 2 aromatic carbocycles. The van der Waals surface area contributed by atoms with E-state index in [9.17, 15) is 18.9 Å². The van der Waals surface area contributed by atoms with E-state index < -0.39 is 15.2 Å². The summed E-state index contributed by atoms with van der Waals surface area (Å²) < 4.78 is 35.4. The third-order valence-electron chi connectivity index (χ3n) is 10.5. The summed E-state index contributed by atoms with van der Waals surface area (Å²) in [6.07, 6.45) is 28.7. The van der Waals surface area contributed by atoms with Crippen molar-refractivity contribution in [2.75, 3.05) is 12.3 Å². The van der Waals surface area contributed by atoms with Crippen LogP contribution in [-0.4, -0.2) is 12.3 Å². The van der Waals surface area contributed by atoms with Crippen LogP contribution in [0.4, 0.5) is 0 Å². The van der Waals surface area contributed by atoms with Crippen LogP contribution in [0.2, 0.25) is 0 Å². The second-order valence-electron chi connectivity index (χ2n) is 15.6. The molecule has 0 bridgehead atoms. The fraction of sp³-hybridized carbons (Fsp3) is 0.739. The largest absolute Gasteiger partial charge is 2.00 e. The molecule has 0 aliphatic heterocycles. The first kappa shape index (κ1) is 54.0. The average molecular weight is 843 g/mol. The Hall–Kier alpha value is -1.05. The van der Waals surface area contributed by atoms with Crippen molar-refractivity contribution in [1.29, 1.82) is 0 Å². The Balaban J connectivity index is 0.00000104. The van der Waals surface area contributed by atoms with E-state index in [4.69, 9.17) is 9.05 Å². The summed E-state index contributed by atoms with van der Waals surface area (Å²) in [5.74, 6) is 1.29. The van der Waals surface area contributed by atoms with Crippen LogP contribution in [0.25, 0.3) is 0 Å². The van der Waals surface area contributed by atoms with Gasteiger partial charge in [-0.3, -0.25) is 9.13 Å². The van der Waals surface area contributed by atoms with Gasteiger partial charge in [-0.15, -0.1) is 0 Å². The van der Waals surface area contributed by atoms with Crippen LogP contribution >= 0.6 is 15.2 Å². The number of rotatable bonds is 32. The van der Waals surface area contributed by atoms with Gasteiger partial charge < -0.3 is 18.8 Å². The van der Waals surface area contributed by atoms with E-state index in [0.29, 0.717) is 11.5 Å². The van der Waals surface area contributed by atoms with Crippen molar-refractivity contribution in [3.63, 3.8) is 0 Å². The van der Waals surface area contributed by atoms with Gasteiger partial charge in [-0.2, -0.15) is 0 Å². The van der Waals surface area contributed by atoms with Gasteiger partial charge in [0.1, 0.15) is 11.5 Å². The maximum absolute atomic E-state index is 12.3. The van der Waals surface area contributed by atoms with Gasteiger partial charge in [-0.1, -0.05) is 181 Å². The summed E-state index contributed by atoms with van der Waals surface area (Å²) in [7, 11) is -7.66. The van der Waals surface area contributed by atoms with Crippen LogP contribution in [0.3, 0.4) is 0 Å². The van der Waals surface area contributed by atoms with Crippen LogP contribution in [0, 0.1) is 11.8 Å². The Morgan fingerprint density at radius 3 is 1.04 bits per heavy atom. The van der Waals surface area contributed by atoms with Crippen LogP contribution < -0.4 is 18.8 Å². The Morgan fingerprint density at radius 2 is 0.745 bits per heavy atom. The maximum Gasteiger partial charge on any atom is 2.00 e. The average Bonchev–Trinajstić information content (AvgIpc) is 3.15. The summed E-state index contributed by atoms with van der Waals surface area (Å²) in [5.41, 5.74) is 2.51. The Bertz CT molecular complexity index is 1160. The topological polar surface area (TPSA) is 98.7 Å². The molecular formula is C46H80CrO6P2. The predicted octanol–water partition coefficient (Wildman–Crippen LogP) is 14.3. The van der Waals surface area contributed by atoms with Gasteiger partial charge in [-0.05, 0) is 85.8 Å². The molecule has 0 aromatic heterocycles. The summed E-state index contributed by atoms with van der Waals surface area (Å²) in [4.78, 5) is 24.7. The fourth-order valence-corrected chi connectivity index (χ4v) is 10.1. The molecule has 0 fully saturated rings. The second kappa shape index (κ2) is 33.9. The van der Waals surface area contributed by atoms with E-state index in [1.807, 2.05) is 24.3 Å². The van der Waals surface area contributed by atoms with Gasteiger partial charge in [0.2, 0.25) is 0 Å². The van der Waals surface area contributed by atoms with Gasteiger partial charge in [-0.25, -0.2) is 0 Å². The van der Waals surface area contributed by atoms with Gasteiger partial charge >= 0.3 is 17.4 Å². The Labute approximate surface area is 350 Å². The molecule has 0 saturated heterocycles. The van der Waals surface area contributed by atoms with Gasteiger partial charge in [0, 0.05) is 12.3 Å². The molecule has 0 aliphatic carbocycles. The number of hydrogen-bond acceptors (Lipinski definition) is 6. The SMILES string of the molecule is CCCCCCCCCc1ccc(OP(=O)([O-])CC(CC)CCCC)cc1.CCCCCCCCCc1ccc(OP(=O)([O-])CC(CC)CCCC)cc1.[Cr+2]. The number of hydrogen-bond donors (Lipinski definition) is 0. The molecule has 55 heavy (non-hydrogen) atoms. The van der Waals surface area contributed by atoms with Crippen molar-refractivity contribution in [3.8, 4) is 11.5 Å². The second-order valence-corrected chi connectivity index (χ2v) is 19.2. The molecule has 6 nitrogen and oxygen atoms in total. The molecule has 0 amide bonds. The first-order valence-corrected chi connectivity index (χ1v) is 25.6. The molecular weight excluding hydrogens is 762 g/mol. The minimum Gasteiger partial charge on any atom is -0.769 e. The van der Waals surface area contributed by atoms with Crippen LogP contribution in [0.15, 0.2) is 48.5 Å². The van der Waals surface area contributed by atoms with Crippen LogP contribution in [0.1, 0.15) is 194 Å². The summed E-state index contributed by atoms with van der Waals surface area (Å²) >= 11 is 0. The van der Waals surface area contributed by atoms with Crippen molar-refractivity contribution >= 4 is 15.2 Å². The maximum atomic E-state index is 12.3. The summed E-state index contributed by atoms with van der Waals surface area (Å²) in [5, 5.41) is 0. The van der Waals surface area contributed by atoms with E-state index in [0.717, 1.165) is 64.2 Å². The zero-order chi connectivity index (χ0) is 39.9. The first-order valence-electron chi connectivity index (χ1n) is 22.2. The van der Waals surface area contributed by atoms with E-state index >= 15 is 0 Å². The molecule has 2 aromatic rings. The molecule has 4 atom stereocenters. The number of unbranched alkanes of at least 4 members (excludes halogenated alkanes) is 14. The summed E-state index contributed by atoms with van der Waals surface area (Å²) in [6.45, 7) is 12.9. The smallest absolute Gasteiger partial charge is 0.769 e. The minimum absolute atomic E-state index is 0. The predicted molar refractivity (Wildman–Crippen MR) is 229 cm³/mol. The Kier molecular flexibility index (Phi) is 33.2. The first-order chi connectivity index (χ1) is 26.0. The molecule has 0 radical (unpaired) electrons. The molecule has 0 spiro atoms. The number of benzene rings is 2. The van der Waals surface area contributed by atoms with Crippen LogP contribution in [0.5, 0.6) is 11.5 Å². The Morgan fingerprint density at radius 1 is 0.455 bits per heavy atom. The zero-order valence-corrected chi connectivity index (χ0v) is 39.0. The quantitative estimate of drug-likeness (QED) is 0.0537. The molecule has 4 unspecified atom stereocenters.